The number of carbonyl (C=O) groups is 1. The quantitative estimate of drug-likeness (QED) is 0.825. The van der Waals surface area contributed by atoms with Crippen molar-refractivity contribution in [2.24, 2.45) is 16.7 Å². The molecular weight excluding hydrogens is 243 g/mol. The number of nitrogens with one attached hydrogen (secondary N) is 1. The van der Waals surface area contributed by atoms with Gasteiger partial charge in [0.1, 0.15) is 5.82 Å². The molecule has 104 valence electrons. The van der Waals surface area contributed by atoms with E-state index in [1.165, 1.54) is 18.2 Å². The number of anilines is 1. The second-order valence-corrected chi connectivity index (χ2v) is 6.44. The predicted molar refractivity (Wildman–Crippen MR) is 74.2 cm³/mol. The van der Waals surface area contributed by atoms with E-state index >= 15 is 0 Å². The molecule has 0 aliphatic heterocycles. The van der Waals surface area contributed by atoms with Crippen LogP contribution in [0.5, 0.6) is 0 Å². The van der Waals surface area contributed by atoms with E-state index in [1.54, 1.807) is 0 Å². The molecule has 0 heterocycles. The minimum absolute atomic E-state index is 0.205. The molecule has 0 unspecified atom stereocenters. The fourth-order valence-electron chi connectivity index (χ4n) is 2.86. The lowest BCUT2D eigenvalue weighted by Gasteiger charge is -2.08. The lowest BCUT2D eigenvalue weighted by Crippen LogP contribution is -2.28. The minimum atomic E-state index is -0.452. The van der Waals surface area contributed by atoms with Gasteiger partial charge in [0, 0.05) is 12.2 Å². The summed E-state index contributed by atoms with van der Waals surface area (Å²) >= 11 is 0. The van der Waals surface area contributed by atoms with E-state index in [1.807, 2.05) is 0 Å². The van der Waals surface area contributed by atoms with Crippen LogP contribution < -0.4 is 11.1 Å². The van der Waals surface area contributed by atoms with Crippen molar-refractivity contribution in [3.63, 3.8) is 0 Å². The molecule has 1 fully saturated rings. The average Bonchev–Trinajstić information content (AvgIpc) is 2.70. The molecule has 0 saturated heterocycles. The Morgan fingerprint density at radius 3 is 2.42 bits per heavy atom. The second-order valence-electron chi connectivity index (χ2n) is 6.44. The molecule has 1 aliphatic rings. The van der Waals surface area contributed by atoms with Crippen LogP contribution in [0.25, 0.3) is 0 Å². The van der Waals surface area contributed by atoms with Gasteiger partial charge in [-0.3, -0.25) is 4.79 Å². The van der Waals surface area contributed by atoms with Gasteiger partial charge in [0.05, 0.1) is 5.56 Å². The van der Waals surface area contributed by atoms with E-state index in [0.29, 0.717) is 18.2 Å². The van der Waals surface area contributed by atoms with Gasteiger partial charge in [0.2, 0.25) is 0 Å². The van der Waals surface area contributed by atoms with Crippen molar-refractivity contribution in [3.05, 3.63) is 29.6 Å². The molecule has 1 saturated carbocycles. The maximum absolute atomic E-state index is 13.1. The number of amides is 1. The van der Waals surface area contributed by atoms with Crippen molar-refractivity contribution in [1.82, 2.24) is 5.32 Å². The van der Waals surface area contributed by atoms with Crippen molar-refractivity contribution in [1.29, 1.82) is 0 Å². The van der Waals surface area contributed by atoms with Crippen molar-refractivity contribution < 1.29 is 9.18 Å². The van der Waals surface area contributed by atoms with E-state index in [0.717, 1.165) is 0 Å². The molecule has 1 aliphatic carbocycles. The van der Waals surface area contributed by atoms with Gasteiger partial charge >= 0.3 is 0 Å². The number of nitrogens with two attached hydrogens (primary N) is 1. The van der Waals surface area contributed by atoms with E-state index in [9.17, 15) is 9.18 Å². The Labute approximate surface area is 113 Å². The number of hydrogen-bond donors (Lipinski definition) is 2. The van der Waals surface area contributed by atoms with Gasteiger partial charge in [-0.1, -0.05) is 27.7 Å². The highest BCUT2D eigenvalue weighted by atomic mass is 19.1. The van der Waals surface area contributed by atoms with Gasteiger partial charge < -0.3 is 11.1 Å². The van der Waals surface area contributed by atoms with E-state index in [4.69, 9.17) is 5.73 Å². The molecule has 0 spiro atoms. The first kappa shape index (κ1) is 13.8. The minimum Gasteiger partial charge on any atom is -0.398 e. The summed E-state index contributed by atoms with van der Waals surface area (Å²) in [6.45, 7) is 9.37. The third kappa shape index (κ3) is 2.20. The van der Waals surface area contributed by atoms with E-state index in [-0.39, 0.29) is 22.3 Å². The Balaban J connectivity index is 2.02. The van der Waals surface area contributed by atoms with Crippen molar-refractivity contribution >= 4 is 11.6 Å². The highest BCUT2D eigenvalue weighted by molar-refractivity contribution is 5.99. The second kappa shape index (κ2) is 4.22. The third-order valence-electron chi connectivity index (χ3n) is 5.05. The molecule has 1 amide bonds. The molecule has 3 nitrogen and oxygen atoms in total. The van der Waals surface area contributed by atoms with Crippen LogP contribution in [0.2, 0.25) is 0 Å². The molecule has 1 aromatic carbocycles. The summed E-state index contributed by atoms with van der Waals surface area (Å²) in [4.78, 5) is 12.0. The molecule has 1 aromatic rings. The lowest BCUT2D eigenvalue weighted by atomic mass is 10.0. The first-order valence-electron chi connectivity index (χ1n) is 6.51. The van der Waals surface area contributed by atoms with Crippen molar-refractivity contribution in [2.75, 3.05) is 12.3 Å². The summed E-state index contributed by atoms with van der Waals surface area (Å²) in [6, 6.07) is 3.84. The molecule has 0 atom stereocenters. The largest absolute Gasteiger partial charge is 0.398 e. The van der Waals surface area contributed by atoms with Crippen LogP contribution in [0.3, 0.4) is 0 Å². The van der Waals surface area contributed by atoms with Crippen LogP contribution in [-0.2, 0) is 0 Å². The summed E-state index contributed by atoms with van der Waals surface area (Å²) in [5, 5.41) is 2.85. The summed E-state index contributed by atoms with van der Waals surface area (Å²) in [5.74, 6) is -0.333. The summed E-state index contributed by atoms with van der Waals surface area (Å²) in [5.41, 5.74) is 6.63. The molecule has 0 radical (unpaired) electrons. The molecule has 0 aromatic heterocycles. The Kier molecular flexibility index (Phi) is 3.07. The van der Waals surface area contributed by atoms with Gasteiger partial charge in [-0.25, -0.2) is 4.39 Å². The van der Waals surface area contributed by atoms with Gasteiger partial charge in [-0.15, -0.1) is 0 Å². The van der Waals surface area contributed by atoms with Gasteiger partial charge in [0.15, 0.2) is 0 Å². The normalized spacial score (nSPS) is 20.1. The van der Waals surface area contributed by atoms with Crippen LogP contribution in [0.1, 0.15) is 38.1 Å². The number of hydrogen-bond acceptors (Lipinski definition) is 2. The number of benzene rings is 1. The molecule has 4 heteroatoms. The Bertz CT molecular complexity index is 509. The molecule has 3 N–H and O–H groups in total. The molecule has 0 bridgehead atoms. The zero-order valence-electron chi connectivity index (χ0n) is 11.9. The number of nitrogen functional groups attached to an aromatic ring is 1. The standard InChI is InChI=1S/C15H21FN2O/c1-14(2)12(15(14,3)4)8-18-13(19)10-7-9(16)5-6-11(10)17/h5-7,12H,8,17H2,1-4H3,(H,18,19). The zero-order chi connectivity index (χ0) is 14.4. The van der Waals surface area contributed by atoms with Crippen LogP contribution in [-0.4, -0.2) is 12.5 Å². The molecular formula is C15H21FN2O. The summed E-state index contributed by atoms with van der Waals surface area (Å²) in [6.07, 6.45) is 0. The Hall–Kier alpha value is -1.58. The van der Waals surface area contributed by atoms with Gasteiger partial charge in [-0.05, 0) is 34.9 Å². The highest BCUT2D eigenvalue weighted by Gasteiger charge is 2.64. The fourth-order valence-corrected chi connectivity index (χ4v) is 2.86. The number of halogens is 1. The van der Waals surface area contributed by atoms with Crippen LogP contribution >= 0.6 is 0 Å². The SMILES string of the molecule is CC1(C)C(CNC(=O)c2cc(F)ccc2N)C1(C)C. The lowest BCUT2D eigenvalue weighted by molar-refractivity contribution is 0.0950. The van der Waals surface area contributed by atoms with Crippen molar-refractivity contribution in [2.45, 2.75) is 27.7 Å². The van der Waals surface area contributed by atoms with Crippen LogP contribution in [0.4, 0.5) is 10.1 Å². The van der Waals surface area contributed by atoms with Crippen LogP contribution in [0, 0.1) is 22.6 Å². The van der Waals surface area contributed by atoms with E-state index < -0.39 is 5.82 Å². The smallest absolute Gasteiger partial charge is 0.253 e. The highest BCUT2D eigenvalue weighted by Crippen LogP contribution is 2.67. The first-order valence-corrected chi connectivity index (χ1v) is 6.51. The molecule has 2 rings (SSSR count). The van der Waals surface area contributed by atoms with Gasteiger partial charge in [-0.2, -0.15) is 0 Å². The summed E-state index contributed by atoms with van der Waals surface area (Å²) < 4.78 is 13.1. The Morgan fingerprint density at radius 2 is 1.89 bits per heavy atom. The Morgan fingerprint density at radius 1 is 1.32 bits per heavy atom. The fraction of sp³-hybridized carbons (Fsp3) is 0.533. The third-order valence-corrected chi connectivity index (χ3v) is 5.05. The first-order chi connectivity index (χ1) is 8.68. The topological polar surface area (TPSA) is 55.1 Å². The molecule has 19 heavy (non-hydrogen) atoms. The van der Waals surface area contributed by atoms with Crippen LogP contribution in [0.15, 0.2) is 18.2 Å². The maximum Gasteiger partial charge on any atom is 0.253 e. The summed E-state index contributed by atoms with van der Waals surface area (Å²) in [7, 11) is 0. The monoisotopic (exact) mass is 264 g/mol. The van der Waals surface area contributed by atoms with Gasteiger partial charge in [0.25, 0.3) is 5.91 Å². The van der Waals surface area contributed by atoms with E-state index in [2.05, 4.69) is 33.0 Å². The predicted octanol–water partition coefficient (Wildman–Crippen LogP) is 2.82. The zero-order valence-corrected chi connectivity index (χ0v) is 11.9. The maximum atomic E-state index is 13.1. The average molecular weight is 264 g/mol. The number of rotatable bonds is 3. The van der Waals surface area contributed by atoms with Crippen molar-refractivity contribution in [3.8, 4) is 0 Å². The number of carbonyl (C=O) groups excluding carboxylic acids is 1.